The number of carbonyl (C=O) groups excluding carboxylic acids is 1. The van der Waals surface area contributed by atoms with E-state index in [1.165, 1.54) is 43.2 Å². The quantitative estimate of drug-likeness (QED) is 0.436. The molecular weight excluding hydrogens is 338 g/mol. The summed E-state index contributed by atoms with van der Waals surface area (Å²) in [4.78, 5) is 11.8. The van der Waals surface area contributed by atoms with E-state index < -0.39 is 0 Å². The minimum Gasteiger partial charge on any atom is -0.457 e. The Kier molecular flexibility index (Phi) is 5.72. The lowest BCUT2D eigenvalue weighted by atomic mass is 9.53. The van der Waals surface area contributed by atoms with E-state index in [4.69, 9.17) is 9.47 Å². The van der Waals surface area contributed by atoms with Crippen LogP contribution in [-0.2, 0) is 21.4 Å². The van der Waals surface area contributed by atoms with Gasteiger partial charge < -0.3 is 14.8 Å². The molecule has 3 atom stereocenters. The lowest BCUT2D eigenvalue weighted by molar-refractivity contribution is -0.150. The van der Waals surface area contributed by atoms with Crippen molar-refractivity contribution in [3.05, 3.63) is 29.3 Å². The number of unbranched alkanes of at least 4 members (excludes halogenated alkanes) is 2. The molecule has 2 aliphatic carbocycles. The molecule has 3 aliphatic rings. The largest absolute Gasteiger partial charge is 0.457 e. The second-order valence-corrected chi connectivity index (χ2v) is 8.58. The highest BCUT2D eigenvalue weighted by atomic mass is 16.7. The zero-order valence-electron chi connectivity index (χ0n) is 16.6. The molecule has 27 heavy (non-hydrogen) atoms. The molecule has 0 amide bonds. The topological polar surface area (TPSA) is 47.6 Å². The molecule has 1 saturated carbocycles. The van der Waals surface area contributed by atoms with Gasteiger partial charge in [0, 0.05) is 17.9 Å². The van der Waals surface area contributed by atoms with Crippen LogP contribution in [0.2, 0.25) is 0 Å². The van der Waals surface area contributed by atoms with E-state index >= 15 is 0 Å². The van der Waals surface area contributed by atoms with Gasteiger partial charge >= 0.3 is 5.97 Å². The van der Waals surface area contributed by atoms with Gasteiger partial charge in [-0.05, 0) is 67.8 Å². The number of fused-ring (bicyclic) bond motifs is 1. The lowest BCUT2D eigenvalue weighted by Gasteiger charge is -2.56. The summed E-state index contributed by atoms with van der Waals surface area (Å²) in [5, 5.41) is 3.78. The van der Waals surface area contributed by atoms with Gasteiger partial charge in [-0.3, -0.25) is 4.79 Å². The lowest BCUT2D eigenvalue weighted by Crippen LogP contribution is -2.59. The van der Waals surface area contributed by atoms with Gasteiger partial charge in [-0.1, -0.05) is 38.7 Å². The van der Waals surface area contributed by atoms with Gasteiger partial charge in [0.05, 0.1) is 0 Å². The average Bonchev–Trinajstić information content (AvgIpc) is 2.68. The molecule has 1 aromatic rings. The van der Waals surface area contributed by atoms with E-state index in [2.05, 4.69) is 24.4 Å². The molecule has 148 valence electrons. The van der Waals surface area contributed by atoms with E-state index in [1.54, 1.807) is 0 Å². The van der Waals surface area contributed by atoms with Gasteiger partial charge in [0.25, 0.3) is 0 Å². The molecule has 1 aliphatic heterocycles. The highest BCUT2D eigenvalue weighted by molar-refractivity contribution is 5.69. The summed E-state index contributed by atoms with van der Waals surface area (Å²) < 4.78 is 11.1. The van der Waals surface area contributed by atoms with Gasteiger partial charge in [-0.15, -0.1) is 0 Å². The van der Waals surface area contributed by atoms with Crippen LogP contribution in [0.4, 0.5) is 0 Å². The summed E-state index contributed by atoms with van der Waals surface area (Å²) in [6, 6.07) is 7.17. The van der Waals surface area contributed by atoms with Crippen molar-refractivity contribution in [1.29, 1.82) is 0 Å². The van der Waals surface area contributed by atoms with Crippen molar-refractivity contribution in [2.45, 2.75) is 82.6 Å². The standard InChI is InChI=1S/C23H33NO3/c1-2-3-4-8-22(25)27-16-26-18-10-9-17-14-21-19-7-5-6-11-23(19,12-13-24-21)20(17)15-18/h9-10,15,19,21,24H,2-8,11-14,16H2,1H3/t19-,21+,23+/m1/s1. The maximum absolute atomic E-state index is 11.8. The van der Waals surface area contributed by atoms with Crippen molar-refractivity contribution in [2.24, 2.45) is 5.92 Å². The van der Waals surface area contributed by atoms with Gasteiger partial charge in [-0.2, -0.15) is 0 Å². The molecule has 4 nitrogen and oxygen atoms in total. The summed E-state index contributed by atoms with van der Waals surface area (Å²) in [6.45, 7) is 3.27. The van der Waals surface area contributed by atoms with Crippen molar-refractivity contribution in [3.8, 4) is 5.75 Å². The minimum absolute atomic E-state index is 0.0182. The van der Waals surface area contributed by atoms with Crippen LogP contribution >= 0.6 is 0 Å². The van der Waals surface area contributed by atoms with Gasteiger partial charge in [0.2, 0.25) is 6.79 Å². The maximum atomic E-state index is 11.8. The summed E-state index contributed by atoms with van der Waals surface area (Å²) >= 11 is 0. The van der Waals surface area contributed by atoms with Crippen molar-refractivity contribution in [1.82, 2.24) is 5.32 Å². The van der Waals surface area contributed by atoms with E-state index in [9.17, 15) is 4.79 Å². The number of nitrogens with one attached hydrogen (secondary N) is 1. The summed E-state index contributed by atoms with van der Waals surface area (Å²) in [7, 11) is 0. The molecule has 1 aromatic carbocycles. The molecule has 2 fully saturated rings. The van der Waals surface area contributed by atoms with Crippen LogP contribution in [0.1, 0.15) is 75.8 Å². The van der Waals surface area contributed by atoms with Crippen LogP contribution in [0, 0.1) is 5.92 Å². The predicted octanol–water partition coefficient (Wildman–Crippen LogP) is 4.49. The minimum atomic E-state index is -0.159. The SMILES string of the molecule is CCCCCC(=O)OCOc1ccc2c(c1)[C@]13CCCC[C@@H]1[C@H](C2)NCC3. The van der Waals surface area contributed by atoms with Crippen molar-refractivity contribution in [3.63, 3.8) is 0 Å². The van der Waals surface area contributed by atoms with Crippen LogP contribution in [-0.4, -0.2) is 25.3 Å². The number of rotatable bonds is 7. The fourth-order valence-electron chi connectivity index (χ4n) is 5.75. The number of benzene rings is 1. The summed E-state index contributed by atoms with van der Waals surface area (Å²) in [5.41, 5.74) is 3.32. The van der Waals surface area contributed by atoms with E-state index in [-0.39, 0.29) is 12.8 Å². The second-order valence-electron chi connectivity index (χ2n) is 8.58. The highest BCUT2D eigenvalue weighted by Crippen LogP contribution is 2.54. The Morgan fingerprint density at radius 1 is 1.26 bits per heavy atom. The Bertz CT molecular complexity index is 670. The fraction of sp³-hybridized carbons (Fsp3) is 0.696. The van der Waals surface area contributed by atoms with Crippen LogP contribution in [0.3, 0.4) is 0 Å². The number of carbonyl (C=O) groups is 1. The van der Waals surface area contributed by atoms with Crippen LogP contribution in [0.15, 0.2) is 18.2 Å². The summed E-state index contributed by atoms with van der Waals surface area (Å²) in [5.74, 6) is 1.44. The normalized spacial score (nSPS) is 28.8. The summed E-state index contributed by atoms with van der Waals surface area (Å²) in [6.07, 6.45) is 11.3. The predicted molar refractivity (Wildman–Crippen MR) is 106 cm³/mol. The molecule has 0 aromatic heterocycles. The van der Waals surface area contributed by atoms with Crippen molar-refractivity contribution < 1.29 is 14.3 Å². The Balaban J connectivity index is 1.43. The first kappa shape index (κ1) is 18.8. The molecule has 1 heterocycles. The third-order valence-electron chi connectivity index (χ3n) is 7.05. The first-order chi connectivity index (χ1) is 13.2. The Morgan fingerprint density at radius 3 is 3.07 bits per heavy atom. The Morgan fingerprint density at radius 2 is 2.19 bits per heavy atom. The molecule has 1 saturated heterocycles. The molecular formula is C23H33NO3. The molecule has 0 unspecified atom stereocenters. The highest BCUT2D eigenvalue weighted by Gasteiger charge is 2.51. The number of ether oxygens (including phenoxy) is 2. The number of hydrogen-bond donors (Lipinski definition) is 1. The second kappa shape index (κ2) is 8.22. The zero-order chi connectivity index (χ0) is 18.7. The number of hydrogen-bond acceptors (Lipinski definition) is 4. The third-order valence-corrected chi connectivity index (χ3v) is 7.05. The molecule has 1 N–H and O–H groups in total. The Hall–Kier alpha value is -1.55. The smallest absolute Gasteiger partial charge is 0.308 e. The number of piperidine rings is 1. The van der Waals surface area contributed by atoms with Gasteiger partial charge in [-0.25, -0.2) is 0 Å². The average molecular weight is 372 g/mol. The molecule has 4 heteroatoms. The molecule has 0 spiro atoms. The first-order valence-corrected chi connectivity index (χ1v) is 10.9. The van der Waals surface area contributed by atoms with Gasteiger partial charge in [0.15, 0.2) is 0 Å². The maximum Gasteiger partial charge on any atom is 0.308 e. The Labute approximate surface area is 163 Å². The molecule has 4 rings (SSSR count). The van der Waals surface area contributed by atoms with Crippen LogP contribution in [0.5, 0.6) is 5.75 Å². The van der Waals surface area contributed by atoms with Crippen molar-refractivity contribution in [2.75, 3.05) is 13.3 Å². The molecule has 2 bridgehead atoms. The first-order valence-electron chi connectivity index (χ1n) is 10.9. The molecule has 0 radical (unpaired) electrons. The third kappa shape index (κ3) is 3.73. The van der Waals surface area contributed by atoms with E-state index in [1.807, 2.05) is 6.07 Å². The van der Waals surface area contributed by atoms with Crippen molar-refractivity contribution >= 4 is 5.97 Å². The van der Waals surface area contributed by atoms with Gasteiger partial charge in [0.1, 0.15) is 5.75 Å². The van der Waals surface area contributed by atoms with Crippen LogP contribution in [0.25, 0.3) is 0 Å². The van der Waals surface area contributed by atoms with Crippen LogP contribution < -0.4 is 10.1 Å². The van der Waals surface area contributed by atoms with E-state index in [0.717, 1.165) is 43.9 Å². The van der Waals surface area contributed by atoms with E-state index in [0.29, 0.717) is 17.9 Å². The fourth-order valence-corrected chi connectivity index (χ4v) is 5.75. The monoisotopic (exact) mass is 371 g/mol. The number of esters is 1. The zero-order valence-corrected chi connectivity index (χ0v) is 16.6.